The number of nitrogens with one attached hydrogen (secondary N) is 1. The summed E-state index contributed by atoms with van der Waals surface area (Å²) < 4.78 is 1.89. The number of hydrogen-bond acceptors (Lipinski definition) is 3. The van der Waals surface area contributed by atoms with Gasteiger partial charge in [-0.3, -0.25) is 4.68 Å². The van der Waals surface area contributed by atoms with E-state index in [-0.39, 0.29) is 5.41 Å². The third-order valence-electron chi connectivity index (χ3n) is 3.16. The van der Waals surface area contributed by atoms with Crippen LogP contribution >= 0.6 is 0 Å². The van der Waals surface area contributed by atoms with Crippen LogP contribution in [0.15, 0.2) is 6.07 Å². The number of aliphatic hydroxyl groups is 1. The van der Waals surface area contributed by atoms with E-state index in [1.807, 2.05) is 11.7 Å². The van der Waals surface area contributed by atoms with Crippen molar-refractivity contribution in [3.63, 3.8) is 0 Å². The Balaban J connectivity index is 2.19. The van der Waals surface area contributed by atoms with Gasteiger partial charge < -0.3 is 10.4 Å². The molecule has 1 saturated heterocycles. The van der Waals surface area contributed by atoms with Gasteiger partial charge >= 0.3 is 0 Å². The van der Waals surface area contributed by atoms with E-state index in [2.05, 4.69) is 37.3 Å². The van der Waals surface area contributed by atoms with E-state index >= 15 is 0 Å². The van der Waals surface area contributed by atoms with Crippen LogP contribution in [0.25, 0.3) is 0 Å². The Morgan fingerprint density at radius 3 is 2.50 bits per heavy atom. The van der Waals surface area contributed by atoms with Crippen LogP contribution in [-0.4, -0.2) is 33.6 Å². The molecular formula is C12H21N3O. The summed E-state index contributed by atoms with van der Waals surface area (Å²) >= 11 is 0. The molecule has 2 rings (SSSR count). The quantitative estimate of drug-likeness (QED) is 0.771. The molecule has 16 heavy (non-hydrogen) atoms. The van der Waals surface area contributed by atoms with Gasteiger partial charge in [0.2, 0.25) is 0 Å². The van der Waals surface area contributed by atoms with Crippen molar-refractivity contribution in [3.8, 4) is 0 Å². The molecule has 0 radical (unpaired) electrons. The van der Waals surface area contributed by atoms with Crippen LogP contribution < -0.4 is 5.32 Å². The standard InChI is InChI=1S/C12H21N3O/c1-11(2,3)10-5-9(15(4)14-10)6-12(16)7-13-8-12/h5,13,16H,6-8H2,1-4H3. The summed E-state index contributed by atoms with van der Waals surface area (Å²) in [7, 11) is 1.94. The Hall–Kier alpha value is -0.870. The molecule has 0 aromatic carbocycles. The zero-order chi connectivity index (χ0) is 12.0. The molecule has 0 spiro atoms. The lowest BCUT2D eigenvalue weighted by atomic mass is 9.89. The zero-order valence-corrected chi connectivity index (χ0v) is 10.5. The van der Waals surface area contributed by atoms with Crippen molar-refractivity contribution in [1.29, 1.82) is 0 Å². The molecule has 0 saturated carbocycles. The molecule has 0 unspecified atom stereocenters. The lowest BCUT2D eigenvalue weighted by Gasteiger charge is -2.37. The summed E-state index contributed by atoms with van der Waals surface area (Å²) in [6.07, 6.45) is 0.680. The predicted molar refractivity (Wildman–Crippen MR) is 63.4 cm³/mol. The first-order valence-corrected chi connectivity index (χ1v) is 5.77. The van der Waals surface area contributed by atoms with Gasteiger partial charge in [-0.15, -0.1) is 0 Å². The first-order chi connectivity index (χ1) is 7.30. The molecule has 90 valence electrons. The third kappa shape index (κ3) is 2.13. The van der Waals surface area contributed by atoms with Crippen molar-refractivity contribution in [1.82, 2.24) is 15.1 Å². The van der Waals surface area contributed by atoms with Crippen molar-refractivity contribution < 1.29 is 5.11 Å². The van der Waals surface area contributed by atoms with E-state index in [0.717, 1.165) is 11.4 Å². The second kappa shape index (κ2) is 3.57. The minimum atomic E-state index is -0.567. The highest BCUT2D eigenvalue weighted by atomic mass is 16.3. The van der Waals surface area contributed by atoms with Gasteiger partial charge in [0.05, 0.1) is 11.3 Å². The van der Waals surface area contributed by atoms with Gasteiger partial charge in [0.25, 0.3) is 0 Å². The highest BCUT2D eigenvalue weighted by molar-refractivity contribution is 5.20. The smallest absolute Gasteiger partial charge is 0.0950 e. The Labute approximate surface area is 96.7 Å². The number of nitrogens with zero attached hydrogens (tertiary/aromatic N) is 2. The molecule has 1 aromatic heterocycles. The largest absolute Gasteiger partial charge is 0.387 e. The van der Waals surface area contributed by atoms with Gasteiger partial charge in [0.15, 0.2) is 0 Å². The van der Waals surface area contributed by atoms with Crippen LogP contribution in [0.5, 0.6) is 0 Å². The normalized spacial score (nSPS) is 19.6. The van der Waals surface area contributed by atoms with Gasteiger partial charge in [0, 0.05) is 37.7 Å². The highest BCUT2D eigenvalue weighted by Crippen LogP contribution is 2.24. The number of aromatic nitrogens is 2. The second-order valence-electron chi connectivity index (χ2n) is 5.90. The first-order valence-electron chi connectivity index (χ1n) is 5.77. The summed E-state index contributed by atoms with van der Waals surface area (Å²) in [4.78, 5) is 0. The SMILES string of the molecule is Cn1nc(C(C)(C)C)cc1CC1(O)CNC1. The van der Waals surface area contributed by atoms with Gasteiger partial charge in [-0.2, -0.15) is 5.10 Å². The molecule has 4 heteroatoms. The molecule has 2 heterocycles. The predicted octanol–water partition coefficient (Wildman–Crippen LogP) is 0.594. The molecular weight excluding hydrogens is 202 g/mol. The fourth-order valence-corrected chi connectivity index (χ4v) is 1.91. The van der Waals surface area contributed by atoms with Crippen molar-refractivity contribution in [2.75, 3.05) is 13.1 Å². The summed E-state index contributed by atoms with van der Waals surface area (Å²) in [5.74, 6) is 0. The fraction of sp³-hybridized carbons (Fsp3) is 0.750. The van der Waals surface area contributed by atoms with E-state index in [1.165, 1.54) is 0 Å². The van der Waals surface area contributed by atoms with E-state index in [4.69, 9.17) is 0 Å². The Bertz CT molecular complexity index is 385. The van der Waals surface area contributed by atoms with Crippen LogP contribution in [0.1, 0.15) is 32.2 Å². The Morgan fingerprint density at radius 1 is 1.50 bits per heavy atom. The number of rotatable bonds is 2. The lowest BCUT2D eigenvalue weighted by Crippen LogP contribution is -2.60. The molecule has 1 aliphatic heterocycles. The molecule has 2 N–H and O–H groups in total. The average Bonchev–Trinajstić information content (AvgIpc) is 2.44. The summed E-state index contributed by atoms with van der Waals surface area (Å²) in [6.45, 7) is 7.82. The van der Waals surface area contributed by atoms with Crippen LogP contribution in [0.2, 0.25) is 0 Å². The summed E-state index contributed by atoms with van der Waals surface area (Å²) in [6, 6.07) is 2.11. The van der Waals surface area contributed by atoms with Crippen LogP contribution in [0, 0.1) is 0 Å². The van der Waals surface area contributed by atoms with Crippen LogP contribution in [0.4, 0.5) is 0 Å². The summed E-state index contributed by atoms with van der Waals surface area (Å²) in [5, 5.41) is 17.7. The van der Waals surface area contributed by atoms with Crippen molar-refractivity contribution in [2.24, 2.45) is 7.05 Å². The fourth-order valence-electron chi connectivity index (χ4n) is 1.91. The van der Waals surface area contributed by atoms with Gasteiger partial charge in [0.1, 0.15) is 0 Å². The minimum absolute atomic E-state index is 0.0660. The molecule has 4 nitrogen and oxygen atoms in total. The van der Waals surface area contributed by atoms with E-state index in [1.54, 1.807) is 0 Å². The maximum atomic E-state index is 10.1. The van der Waals surface area contributed by atoms with Crippen molar-refractivity contribution in [2.45, 2.75) is 38.2 Å². The molecule has 0 atom stereocenters. The Kier molecular flexibility index (Phi) is 2.59. The topological polar surface area (TPSA) is 50.1 Å². The summed E-state index contributed by atoms with van der Waals surface area (Å²) in [5.41, 5.74) is 1.69. The van der Waals surface area contributed by atoms with Crippen molar-refractivity contribution >= 4 is 0 Å². The molecule has 0 aliphatic carbocycles. The van der Waals surface area contributed by atoms with Crippen LogP contribution in [0.3, 0.4) is 0 Å². The number of β-amino-alcohol motifs (C(OH)–C–C–N with tert-alkyl or cyclic N) is 1. The molecule has 0 bridgehead atoms. The van der Waals surface area contributed by atoms with E-state index in [9.17, 15) is 5.11 Å². The first kappa shape index (κ1) is 11.6. The lowest BCUT2D eigenvalue weighted by molar-refractivity contribution is -0.0105. The maximum absolute atomic E-state index is 10.1. The van der Waals surface area contributed by atoms with E-state index in [0.29, 0.717) is 19.5 Å². The van der Waals surface area contributed by atoms with Gasteiger partial charge in [-0.25, -0.2) is 0 Å². The highest BCUT2D eigenvalue weighted by Gasteiger charge is 2.35. The Morgan fingerprint density at radius 2 is 2.12 bits per heavy atom. The van der Waals surface area contributed by atoms with Gasteiger partial charge in [-0.1, -0.05) is 20.8 Å². The monoisotopic (exact) mass is 223 g/mol. The van der Waals surface area contributed by atoms with Gasteiger partial charge in [-0.05, 0) is 6.07 Å². The third-order valence-corrected chi connectivity index (χ3v) is 3.16. The number of hydrogen-bond donors (Lipinski definition) is 2. The zero-order valence-electron chi connectivity index (χ0n) is 10.5. The van der Waals surface area contributed by atoms with Crippen LogP contribution in [-0.2, 0) is 18.9 Å². The van der Waals surface area contributed by atoms with Crippen molar-refractivity contribution in [3.05, 3.63) is 17.5 Å². The minimum Gasteiger partial charge on any atom is -0.387 e. The average molecular weight is 223 g/mol. The number of aryl methyl sites for hydroxylation is 1. The molecule has 1 fully saturated rings. The second-order valence-corrected chi connectivity index (χ2v) is 5.90. The maximum Gasteiger partial charge on any atom is 0.0950 e. The molecule has 1 aliphatic rings. The van der Waals surface area contributed by atoms with E-state index < -0.39 is 5.60 Å². The molecule has 0 amide bonds. The molecule has 1 aromatic rings.